The molecule has 1 unspecified atom stereocenters. The lowest BCUT2D eigenvalue weighted by molar-refractivity contribution is -0.136. The number of likely N-dealkylation sites (N-methyl/N-ethyl adjacent to an activating group) is 1. The Balaban J connectivity index is 2.66. The zero-order chi connectivity index (χ0) is 7.94. The summed E-state index contributed by atoms with van der Waals surface area (Å²) in [5.41, 5.74) is 0.209. The molecule has 0 radical (unpaired) electrons. The third-order valence-corrected chi connectivity index (χ3v) is 2.22. The molecule has 1 heterocycles. The number of hydrogen-bond acceptors (Lipinski definition) is 2. The van der Waals surface area contributed by atoms with Crippen LogP contribution in [-0.2, 0) is 4.79 Å². The molecule has 1 aliphatic heterocycles. The van der Waals surface area contributed by atoms with Crippen LogP contribution in [-0.4, -0.2) is 30.3 Å². The monoisotopic (exact) mass is 141 g/mol. The van der Waals surface area contributed by atoms with Gasteiger partial charge in [0.1, 0.15) is 5.78 Å². The zero-order valence-electron chi connectivity index (χ0n) is 7.14. The molecule has 2 nitrogen and oxygen atoms in total. The van der Waals surface area contributed by atoms with E-state index >= 15 is 0 Å². The van der Waals surface area contributed by atoms with Crippen molar-refractivity contribution in [3.05, 3.63) is 0 Å². The third kappa shape index (κ3) is 0.966. The fraction of sp³-hybridized carbons (Fsp3) is 0.875. The van der Waals surface area contributed by atoms with Crippen LogP contribution >= 0.6 is 0 Å². The SMILES string of the molecule is CC(=O)C1N(C)CC1(C)C. The van der Waals surface area contributed by atoms with Crippen molar-refractivity contribution in [2.45, 2.75) is 26.8 Å². The summed E-state index contributed by atoms with van der Waals surface area (Å²) in [5.74, 6) is 0.291. The Morgan fingerprint density at radius 1 is 1.60 bits per heavy atom. The van der Waals surface area contributed by atoms with Gasteiger partial charge in [0.15, 0.2) is 0 Å². The topological polar surface area (TPSA) is 20.3 Å². The smallest absolute Gasteiger partial charge is 0.147 e. The summed E-state index contributed by atoms with van der Waals surface area (Å²) < 4.78 is 0. The minimum absolute atomic E-state index is 0.160. The van der Waals surface area contributed by atoms with E-state index in [2.05, 4.69) is 18.7 Å². The van der Waals surface area contributed by atoms with Gasteiger partial charge in [0.2, 0.25) is 0 Å². The zero-order valence-corrected chi connectivity index (χ0v) is 7.14. The molecule has 0 aromatic carbocycles. The van der Waals surface area contributed by atoms with Crippen LogP contribution in [0.5, 0.6) is 0 Å². The molecule has 10 heavy (non-hydrogen) atoms. The quantitative estimate of drug-likeness (QED) is 0.541. The predicted molar refractivity (Wildman–Crippen MR) is 40.9 cm³/mol. The van der Waals surface area contributed by atoms with Crippen LogP contribution in [0, 0.1) is 5.41 Å². The van der Waals surface area contributed by atoms with Gasteiger partial charge in [-0.05, 0) is 14.0 Å². The van der Waals surface area contributed by atoms with E-state index in [0.29, 0.717) is 5.78 Å². The number of likely N-dealkylation sites (tertiary alicyclic amines) is 1. The number of rotatable bonds is 1. The highest BCUT2D eigenvalue weighted by molar-refractivity contribution is 5.83. The summed E-state index contributed by atoms with van der Waals surface area (Å²) >= 11 is 0. The molecule has 0 amide bonds. The van der Waals surface area contributed by atoms with E-state index in [1.165, 1.54) is 0 Å². The normalized spacial score (nSPS) is 31.4. The van der Waals surface area contributed by atoms with Crippen molar-refractivity contribution in [1.29, 1.82) is 0 Å². The Kier molecular flexibility index (Phi) is 1.59. The van der Waals surface area contributed by atoms with Crippen LogP contribution in [0.4, 0.5) is 0 Å². The van der Waals surface area contributed by atoms with Crippen molar-refractivity contribution >= 4 is 5.78 Å². The molecule has 0 spiro atoms. The van der Waals surface area contributed by atoms with Gasteiger partial charge >= 0.3 is 0 Å². The maximum atomic E-state index is 11.0. The Labute approximate surface area is 62.2 Å². The van der Waals surface area contributed by atoms with Crippen molar-refractivity contribution < 1.29 is 4.79 Å². The van der Waals surface area contributed by atoms with E-state index in [4.69, 9.17) is 0 Å². The van der Waals surface area contributed by atoms with Gasteiger partial charge < -0.3 is 0 Å². The lowest BCUT2D eigenvalue weighted by Crippen LogP contribution is -2.62. The van der Waals surface area contributed by atoms with Gasteiger partial charge in [-0.25, -0.2) is 0 Å². The minimum atomic E-state index is 0.160. The second-order valence-corrected chi connectivity index (χ2v) is 3.92. The van der Waals surface area contributed by atoms with Crippen molar-refractivity contribution in [2.75, 3.05) is 13.6 Å². The summed E-state index contributed by atoms with van der Waals surface area (Å²) in [6.07, 6.45) is 0. The molecule has 0 saturated carbocycles. The average molecular weight is 141 g/mol. The summed E-state index contributed by atoms with van der Waals surface area (Å²) in [6.45, 7) is 6.98. The van der Waals surface area contributed by atoms with Crippen LogP contribution in [0.1, 0.15) is 20.8 Å². The molecular weight excluding hydrogens is 126 g/mol. The van der Waals surface area contributed by atoms with Crippen LogP contribution < -0.4 is 0 Å². The number of carbonyl (C=O) groups is 1. The molecule has 0 aliphatic carbocycles. The first-order valence-electron chi connectivity index (χ1n) is 3.66. The summed E-state index contributed by atoms with van der Waals surface area (Å²) in [6, 6.07) is 0.160. The van der Waals surface area contributed by atoms with Gasteiger partial charge in [0.05, 0.1) is 6.04 Å². The number of Topliss-reactive ketones (excluding diaryl/α,β-unsaturated/α-hetero) is 1. The number of nitrogens with zero attached hydrogens (tertiary/aromatic N) is 1. The highest BCUT2D eigenvalue weighted by Crippen LogP contribution is 2.35. The Morgan fingerprint density at radius 3 is 2.20 bits per heavy atom. The molecule has 1 fully saturated rings. The molecule has 58 valence electrons. The van der Waals surface area contributed by atoms with E-state index in [-0.39, 0.29) is 11.5 Å². The number of carbonyl (C=O) groups excluding carboxylic acids is 1. The Hall–Kier alpha value is -0.370. The number of ketones is 1. The molecule has 1 aliphatic rings. The molecule has 0 bridgehead atoms. The second kappa shape index (κ2) is 2.06. The maximum absolute atomic E-state index is 11.0. The first-order valence-corrected chi connectivity index (χ1v) is 3.66. The van der Waals surface area contributed by atoms with E-state index < -0.39 is 0 Å². The van der Waals surface area contributed by atoms with E-state index in [0.717, 1.165) is 6.54 Å². The van der Waals surface area contributed by atoms with Crippen LogP contribution in [0.2, 0.25) is 0 Å². The molecule has 1 atom stereocenters. The van der Waals surface area contributed by atoms with Crippen LogP contribution in [0.15, 0.2) is 0 Å². The van der Waals surface area contributed by atoms with Gasteiger partial charge in [-0.15, -0.1) is 0 Å². The van der Waals surface area contributed by atoms with E-state index in [9.17, 15) is 4.79 Å². The van der Waals surface area contributed by atoms with Crippen LogP contribution in [0.3, 0.4) is 0 Å². The van der Waals surface area contributed by atoms with Crippen molar-refractivity contribution in [3.8, 4) is 0 Å². The largest absolute Gasteiger partial charge is 0.298 e. The number of hydrogen-bond donors (Lipinski definition) is 0. The van der Waals surface area contributed by atoms with E-state index in [1.54, 1.807) is 6.92 Å². The third-order valence-electron chi connectivity index (χ3n) is 2.22. The second-order valence-electron chi connectivity index (χ2n) is 3.92. The standard InChI is InChI=1S/C8H15NO/c1-6(10)7-8(2,3)5-9(7)4/h7H,5H2,1-4H3. The molecule has 0 N–H and O–H groups in total. The lowest BCUT2D eigenvalue weighted by atomic mass is 9.74. The molecular formula is C8H15NO. The molecule has 0 aromatic heterocycles. The fourth-order valence-electron chi connectivity index (χ4n) is 2.17. The highest BCUT2D eigenvalue weighted by atomic mass is 16.1. The molecule has 1 saturated heterocycles. The lowest BCUT2D eigenvalue weighted by Gasteiger charge is -2.51. The van der Waals surface area contributed by atoms with Gasteiger partial charge in [-0.2, -0.15) is 0 Å². The van der Waals surface area contributed by atoms with Crippen LogP contribution in [0.25, 0.3) is 0 Å². The van der Waals surface area contributed by atoms with Gasteiger partial charge in [-0.3, -0.25) is 9.69 Å². The summed E-state index contributed by atoms with van der Waals surface area (Å²) in [7, 11) is 2.00. The van der Waals surface area contributed by atoms with Gasteiger partial charge in [-0.1, -0.05) is 13.8 Å². The minimum Gasteiger partial charge on any atom is -0.298 e. The predicted octanol–water partition coefficient (Wildman–Crippen LogP) is 0.916. The average Bonchev–Trinajstić information content (AvgIpc) is 1.58. The first-order chi connectivity index (χ1) is 4.45. The first kappa shape index (κ1) is 7.73. The fourth-order valence-corrected chi connectivity index (χ4v) is 2.17. The van der Waals surface area contributed by atoms with Crippen molar-refractivity contribution in [1.82, 2.24) is 4.90 Å². The Bertz CT molecular complexity index is 163. The van der Waals surface area contributed by atoms with E-state index in [1.807, 2.05) is 7.05 Å². The highest BCUT2D eigenvalue weighted by Gasteiger charge is 2.45. The summed E-state index contributed by atoms with van der Waals surface area (Å²) in [5, 5.41) is 0. The summed E-state index contributed by atoms with van der Waals surface area (Å²) in [4.78, 5) is 13.1. The Morgan fingerprint density at radius 2 is 2.10 bits per heavy atom. The molecule has 1 rings (SSSR count). The van der Waals surface area contributed by atoms with Crippen molar-refractivity contribution in [3.63, 3.8) is 0 Å². The molecule has 2 heteroatoms. The molecule has 0 aromatic rings. The van der Waals surface area contributed by atoms with Crippen molar-refractivity contribution in [2.24, 2.45) is 5.41 Å². The van der Waals surface area contributed by atoms with Gasteiger partial charge in [0.25, 0.3) is 0 Å². The maximum Gasteiger partial charge on any atom is 0.147 e. The van der Waals surface area contributed by atoms with Gasteiger partial charge in [0, 0.05) is 12.0 Å².